The lowest BCUT2D eigenvalue weighted by Crippen LogP contribution is -2.12. The number of hydrogen-bond donors (Lipinski definition) is 2. The number of ether oxygens (including phenoxy) is 3. The van der Waals surface area contributed by atoms with E-state index >= 15 is 0 Å². The molecule has 1 aliphatic heterocycles. The first-order valence-electron chi connectivity index (χ1n) is 8.09. The molecule has 0 aliphatic carbocycles. The Kier molecular flexibility index (Phi) is 4.26. The highest BCUT2D eigenvalue weighted by Gasteiger charge is 2.13. The maximum Gasteiger partial charge on any atom is 0.231 e. The summed E-state index contributed by atoms with van der Waals surface area (Å²) in [5.74, 6) is 2.45. The smallest absolute Gasteiger partial charge is 0.231 e. The van der Waals surface area contributed by atoms with Crippen molar-refractivity contribution in [1.82, 2.24) is 15.5 Å². The lowest BCUT2D eigenvalue weighted by atomic mass is 10.1. The molecule has 0 fully saturated rings. The molecule has 0 atom stereocenters. The summed E-state index contributed by atoms with van der Waals surface area (Å²) in [6, 6.07) is 13.9. The molecule has 1 aliphatic rings. The Morgan fingerprint density at radius 2 is 1.92 bits per heavy atom. The molecule has 0 amide bonds. The minimum Gasteiger partial charge on any atom is -0.497 e. The highest BCUT2D eigenvalue weighted by atomic mass is 16.7. The van der Waals surface area contributed by atoms with E-state index in [1.54, 1.807) is 7.11 Å². The van der Waals surface area contributed by atoms with Crippen LogP contribution in [0.3, 0.4) is 0 Å². The average Bonchev–Trinajstić information content (AvgIpc) is 3.30. The summed E-state index contributed by atoms with van der Waals surface area (Å²) in [7, 11) is 1.66. The molecule has 2 heterocycles. The van der Waals surface area contributed by atoms with Crippen molar-refractivity contribution in [3.8, 4) is 28.5 Å². The Morgan fingerprint density at radius 3 is 2.76 bits per heavy atom. The number of rotatable bonds is 6. The molecular weight excluding hydrogens is 318 g/mol. The van der Waals surface area contributed by atoms with Gasteiger partial charge in [0.2, 0.25) is 6.79 Å². The van der Waals surface area contributed by atoms with Gasteiger partial charge in [-0.15, -0.1) is 0 Å². The van der Waals surface area contributed by atoms with Gasteiger partial charge in [0.05, 0.1) is 19.0 Å². The van der Waals surface area contributed by atoms with Gasteiger partial charge in [-0.3, -0.25) is 5.10 Å². The van der Waals surface area contributed by atoms with Crippen LogP contribution in [0.2, 0.25) is 0 Å². The fourth-order valence-corrected chi connectivity index (χ4v) is 2.85. The molecule has 0 radical (unpaired) electrons. The van der Waals surface area contributed by atoms with E-state index in [0.29, 0.717) is 13.3 Å². The van der Waals surface area contributed by atoms with Gasteiger partial charge < -0.3 is 19.5 Å². The second-order valence-corrected chi connectivity index (χ2v) is 5.79. The van der Waals surface area contributed by atoms with Crippen LogP contribution in [0.1, 0.15) is 11.1 Å². The van der Waals surface area contributed by atoms with Crippen molar-refractivity contribution in [2.24, 2.45) is 0 Å². The van der Waals surface area contributed by atoms with Gasteiger partial charge in [-0.2, -0.15) is 5.10 Å². The summed E-state index contributed by atoms with van der Waals surface area (Å²) in [6.45, 7) is 1.75. The van der Waals surface area contributed by atoms with Crippen molar-refractivity contribution in [3.63, 3.8) is 0 Å². The summed E-state index contributed by atoms with van der Waals surface area (Å²) in [5.41, 5.74) is 4.36. The summed E-state index contributed by atoms with van der Waals surface area (Å²) >= 11 is 0. The minimum atomic E-state index is 0.298. The summed E-state index contributed by atoms with van der Waals surface area (Å²) in [4.78, 5) is 0. The molecule has 6 nitrogen and oxygen atoms in total. The Labute approximate surface area is 145 Å². The van der Waals surface area contributed by atoms with Crippen molar-refractivity contribution in [1.29, 1.82) is 0 Å². The van der Waals surface area contributed by atoms with Gasteiger partial charge in [-0.1, -0.05) is 6.07 Å². The molecule has 128 valence electrons. The quantitative estimate of drug-likeness (QED) is 0.723. The zero-order valence-electron chi connectivity index (χ0n) is 13.9. The molecule has 4 rings (SSSR count). The van der Waals surface area contributed by atoms with E-state index in [9.17, 15) is 0 Å². The molecule has 0 saturated heterocycles. The molecule has 0 spiro atoms. The molecule has 25 heavy (non-hydrogen) atoms. The van der Waals surface area contributed by atoms with Gasteiger partial charge in [-0.25, -0.2) is 0 Å². The van der Waals surface area contributed by atoms with Crippen LogP contribution in [0.4, 0.5) is 0 Å². The zero-order chi connectivity index (χ0) is 17.1. The first-order chi connectivity index (χ1) is 12.3. The molecule has 2 N–H and O–H groups in total. The molecule has 3 aromatic rings. The number of H-pyrrole nitrogens is 1. The third kappa shape index (κ3) is 3.29. The Morgan fingerprint density at radius 1 is 1.08 bits per heavy atom. The predicted molar refractivity (Wildman–Crippen MR) is 93.7 cm³/mol. The van der Waals surface area contributed by atoms with E-state index in [4.69, 9.17) is 14.2 Å². The number of aromatic nitrogens is 2. The number of methoxy groups -OCH3 is 1. The van der Waals surface area contributed by atoms with Gasteiger partial charge in [-0.05, 0) is 42.0 Å². The number of benzene rings is 2. The van der Waals surface area contributed by atoms with E-state index in [-0.39, 0.29) is 0 Å². The van der Waals surface area contributed by atoms with Crippen LogP contribution in [0, 0.1) is 0 Å². The van der Waals surface area contributed by atoms with E-state index in [1.165, 1.54) is 0 Å². The monoisotopic (exact) mass is 337 g/mol. The topological polar surface area (TPSA) is 68.4 Å². The van der Waals surface area contributed by atoms with Crippen LogP contribution >= 0.6 is 0 Å². The van der Waals surface area contributed by atoms with Crippen molar-refractivity contribution in [2.45, 2.75) is 13.1 Å². The van der Waals surface area contributed by atoms with Gasteiger partial charge in [0, 0.05) is 24.2 Å². The van der Waals surface area contributed by atoms with Crippen molar-refractivity contribution < 1.29 is 14.2 Å². The van der Waals surface area contributed by atoms with Gasteiger partial charge in [0.15, 0.2) is 11.5 Å². The summed E-state index contributed by atoms with van der Waals surface area (Å²) < 4.78 is 16.0. The normalized spacial score (nSPS) is 12.4. The van der Waals surface area contributed by atoms with Crippen molar-refractivity contribution in [3.05, 3.63) is 59.8 Å². The van der Waals surface area contributed by atoms with Crippen LogP contribution in [-0.4, -0.2) is 24.1 Å². The second-order valence-electron chi connectivity index (χ2n) is 5.79. The molecule has 0 saturated carbocycles. The van der Waals surface area contributed by atoms with E-state index in [0.717, 1.165) is 46.2 Å². The largest absolute Gasteiger partial charge is 0.497 e. The fourth-order valence-electron chi connectivity index (χ4n) is 2.85. The number of fused-ring (bicyclic) bond motifs is 1. The minimum absolute atomic E-state index is 0.298. The lowest BCUT2D eigenvalue weighted by Gasteiger charge is -2.07. The maximum absolute atomic E-state index is 5.41. The molecule has 6 heteroatoms. The molecular formula is C19H19N3O3. The van der Waals surface area contributed by atoms with Crippen LogP contribution in [0.25, 0.3) is 11.3 Å². The van der Waals surface area contributed by atoms with Gasteiger partial charge in [0.25, 0.3) is 0 Å². The molecule has 2 aromatic carbocycles. The molecule has 0 bridgehead atoms. The lowest BCUT2D eigenvalue weighted by molar-refractivity contribution is 0.174. The average molecular weight is 337 g/mol. The maximum atomic E-state index is 5.41. The van der Waals surface area contributed by atoms with Gasteiger partial charge in [0.1, 0.15) is 5.75 Å². The Balaban J connectivity index is 1.41. The molecule has 0 unspecified atom stereocenters. The SMILES string of the molecule is COc1ccc(-c2[nH]ncc2CNCc2ccc3c(c2)OCO3)cc1. The first kappa shape index (κ1) is 15.5. The fraction of sp³-hybridized carbons (Fsp3) is 0.211. The zero-order valence-corrected chi connectivity index (χ0v) is 13.9. The van der Waals surface area contributed by atoms with Crippen molar-refractivity contribution >= 4 is 0 Å². The number of nitrogens with one attached hydrogen (secondary N) is 2. The third-order valence-corrected chi connectivity index (χ3v) is 4.18. The Hall–Kier alpha value is -2.99. The first-order valence-corrected chi connectivity index (χ1v) is 8.09. The standard InChI is InChI=1S/C19H19N3O3/c1-23-16-5-3-14(4-6-16)19-15(11-21-22-19)10-20-9-13-2-7-17-18(8-13)25-12-24-17/h2-8,11,20H,9-10,12H2,1H3,(H,21,22). The molecule has 1 aromatic heterocycles. The summed E-state index contributed by atoms with van der Waals surface area (Å²) in [5, 5.41) is 10.7. The van der Waals surface area contributed by atoms with Crippen LogP contribution in [-0.2, 0) is 13.1 Å². The van der Waals surface area contributed by atoms with Crippen molar-refractivity contribution in [2.75, 3.05) is 13.9 Å². The number of aromatic amines is 1. The van der Waals surface area contributed by atoms with E-state index in [2.05, 4.69) is 15.5 Å². The highest BCUT2D eigenvalue weighted by Crippen LogP contribution is 2.32. The summed E-state index contributed by atoms with van der Waals surface area (Å²) in [6.07, 6.45) is 1.85. The predicted octanol–water partition coefficient (Wildman–Crippen LogP) is 3.10. The highest BCUT2D eigenvalue weighted by molar-refractivity contribution is 5.63. The number of nitrogens with zero attached hydrogens (tertiary/aromatic N) is 1. The van der Waals surface area contributed by atoms with E-state index in [1.807, 2.05) is 48.7 Å². The van der Waals surface area contributed by atoms with Crippen LogP contribution < -0.4 is 19.5 Å². The van der Waals surface area contributed by atoms with E-state index < -0.39 is 0 Å². The van der Waals surface area contributed by atoms with Gasteiger partial charge >= 0.3 is 0 Å². The number of hydrogen-bond acceptors (Lipinski definition) is 5. The third-order valence-electron chi connectivity index (χ3n) is 4.18. The Bertz CT molecular complexity index is 859. The second kappa shape index (κ2) is 6.86. The van der Waals surface area contributed by atoms with Crippen LogP contribution in [0.15, 0.2) is 48.7 Å². The van der Waals surface area contributed by atoms with Crippen LogP contribution in [0.5, 0.6) is 17.2 Å².